The second-order valence-corrected chi connectivity index (χ2v) is 4.55. The first-order chi connectivity index (χ1) is 8.92. The fraction of sp³-hybridized carbons (Fsp3) is 0.615. The zero-order valence-corrected chi connectivity index (χ0v) is 11.6. The number of hydrogen-bond donors (Lipinski definition) is 1. The van der Waals surface area contributed by atoms with Crippen LogP contribution in [0.4, 0.5) is 4.79 Å². The van der Waals surface area contributed by atoms with E-state index in [9.17, 15) is 14.4 Å². The lowest BCUT2D eigenvalue weighted by atomic mass is 9.83. The molecule has 6 heteroatoms. The minimum atomic E-state index is -1.25. The molecule has 19 heavy (non-hydrogen) atoms. The van der Waals surface area contributed by atoms with Crippen molar-refractivity contribution in [2.24, 2.45) is 5.92 Å². The molecule has 0 aliphatic carbocycles. The van der Waals surface area contributed by atoms with Gasteiger partial charge in [0.05, 0.1) is 12.5 Å². The Balaban J connectivity index is 3.02. The molecule has 1 saturated heterocycles. The zero-order valence-electron chi connectivity index (χ0n) is 11.6. The summed E-state index contributed by atoms with van der Waals surface area (Å²) in [5, 5.41) is 2.59. The van der Waals surface area contributed by atoms with E-state index in [0.717, 1.165) is 4.90 Å². The molecule has 6 nitrogen and oxygen atoms in total. The van der Waals surface area contributed by atoms with Crippen molar-refractivity contribution in [1.82, 2.24) is 10.2 Å². The van der Waals surface area contributed by atoms with Crippen molar-refractivity contribution >= 4 is 17.9 Å². The summed E-state index contributed by atoms with van der Waals surface area (Å²) in [7, 11) is 0. The van der Waals surface area contributed by atoms with Crippen molar-refractivity contribution in [1.29, 1.82) is 0 Å². The summed E-state index contributed by atoms with van der Waals surface area (Å²) in [6.07, 6.45) is 1.87. The Hall–Kier alpha value is -1.85. The molecule has 0 spiro atoms. The molecule has 2 atom stereocenters. The number of nitrogens with zero attached hydrogens (tertiary/aromatic N) is 1. The lowest BCUT2D eigenvalue weighted by Crippen LogP contribution is -2.53. The van der Waals surface area contributed by atoms with Crippen LogP contribution in [0.2, 0.25) is 0 Å². The van der Waals surface area contributed by atoms with Gasteiger partial charge in [0.25, 0.3) is 5.91 Å². The first kappa shape index (κ1) is 15.2. The molecule has 106 valence electrons. The summed E-state index contributed by atoms with van der Waals surface area (Å²) in [5.41, 5.74) is -1.25. The van der Waals surface area contributed by atoms with E-state index in [4.69, 9.17) is 4.74 Å². The van der Waals surface area contributed by atoms with Gasteiger partial charge in [0.1, 0.15) is 5.54 Å². The van der Waals surface area contributed by atoms with Crippen LogP contribution in [0.25, 0.3) is 0 Å². The van der Waals surface area contributed by atoms with Crippen LogP contribution < -0.4 is 5.32 Å². The predicted octanol–water partition coefficient (Wildman–Crippen LogP) is 1.07. The molecule has 1 heterocycles. The van der Waals surface area contributed by atoms with Gasteiger partial charge in [-0.05, 0) is 20.3 Å². The molecule has 0 aromatic rings. The summed E-state index contributed by atoms with van der Waals surface area (Å²) in [4.78, 5) is 37.1. The second-order valence-electron chi connectivity index (χ2n) is 4.55. The Morgan fingerprint density at radius 2 is 2.16 bits per heavy atom. The lowest BCUT2D eigenvalue weighted by Gasteiger charge is -2.29. The molecule has 1 N–H and O–H groups in total. The fourth-order valence-electron chi connectivity index (χ4n) is 2.30. The van der Waals surface area contributed by atoms with Crippen molar-refractivity contribution < 1.29 is 19.1 Å². The third kappa shape index (κ3) is 2.62. The quantitative estimate of drug-likeness (QED) is 0.444. The number of ether oxygens (including phenoxy) is 1. The molecule has 3 amide bonds. The molecular weight excluding hydrogens is 248 g/mol. The number of carbonyl (C=O) groups is 3. The van der Waals surface area contributed by atoms with Gasteiger partial charge in [0.2, 0.25) is 0 Å². The maximum Gasteiger partial charge on any atom is 0.325 e. The summed E-state index contributed by atoms with van der Waals surface area (Å²) in [5.74, 6) is -1.59. The molecule has 1 aliphatic heterocycles. The lowest BCUT2D eigenvalue weighted by molar-refractivity contribution is -0.154. The summed E-state index contributed by atoms with van der Waals surface area (Å²) < 4.78 is 4.97. The first-order valence-electron chi connectivity index (χ1n) is 6.33. The van der Waals surface area contributed by atoms with Crippen LogP contribution in [0.15, 0.2) is 12.7 Å². The maximum atomic E-state index is 12.3. The number of amides is 3. The van der Waals surface area contributed by atoms with Gasteiger partial charge in [0, 0.05) is 6.54 Å². The van der Waals surface area contributed by atoms with Gasteiger partial charge in [-0.15, -0.1) is 6.58 Å². The molecule has 1 aliphatic rings. The SMILES string of the molecule is C=CCN1C(=O)NC(C)(C(CC)C(=O)OCC)C1=O. The maximum absolute atomic E-state index is 12.3. The number of hydrogen-bond acceptors (Lipinski definition) is 4. The molecule has 2 unspecified atom stereocenters. The molecule has 0 radical (unpaired) electrons. The van der Waals surface area contributed by atoms with E-state index in [1.807, 2.05) is 0 Å². The van der Waals surface area contributed by atoms with Crippen LogP contribution in [0.3, 0.4) is 0 Å². The smallest absolute Gasteiger partial charge is 0.325 e. The van der Waals surface area contributed by atoms with Gasteiger partial charge in [-0.3, -0.25) is 14.5 Å². The van der Waals surface area contributed by atoms with Gasteiger partial charge in [-0.25, -0.2) is 4.79 Å². The number of rotatable bonds is 6. The molecule has 0 saturated carbocycles. The Bertz CT molecular complexity index is 407. The minimum Gasteiger partial charge on any atom is -0.466 e. The summed E-state index contributed by atoms with van der Waals surface area (Å²) in [6.45, 7) is 8.91. The number of nitrogens with one attached hydrogen (secondary N) is 1. The average molecular weight is 268 g/mol. The van der Waals surface area contributed by atoms with E-state index < -0.39 is 29.4 Å². The van der Waals surface area contributed by atoms with Gasteiger partial charge >= 0.3 is 12.0 Å². The topological polar surface area (TPSA) is 75.7 Å². The highest BCUT2D eigenvalue weighted by molar-refractivity contribution is 6.08. The number of urea groups is 1. The van der Waals surface area contributed by atoms with Gasteiger partial charge < -0.3 is 10.1 Å². The average Bonchev–Trinajstić information content (AvgIpc) is 2.55. The van der Waals surface area contributed by atoms with Gasteiger partial charge in [-0.1, -0.05) is 13.0 Å². The Morgan fingerprint density at radius 3 is 2.63 bits per heavy atom. The van der Waals surface area contributed by atoms with Gasteiger partial charge in [-0.2, -0.15) is 0 Å². The summed E-state index contributed by atoms with van der Waals surface area (Å²) in [6, 6.07) is -0.504. The van der Waals surface area contributed by atoms with Crippen molar-refractivity contribution in [2.45, 2.75) is 32.7 Å². The van der Waals surface area contributed by atoms with E-state index in [1.165, 1.54) is 6.08 Å². The molecule has 1 fully saturated rings. The minimum absolute atomic E-state index is 0.125. The van der Waals surface area contributed by atoms with E-state index in [-0.39, 0.29) is 13.2 Å². The number of carbonyl (C=O) groups excluding carboxylic acids is 3. The van der Waals surface area contributed by atoms with E-state index in [1.54, 1.807) is 20.8 Å². The number of esters is 1. The highest BCUT2D eigenvalue weighted by atomic mass is 16.5. The standard InChI is InChI=1S/C13H20N2O4/c1-5-8-15-11(17)13(4,14-12(15)18)9(6-2)10(16)19-7-3/h5,9H,1,6-8H2,2-4H3,(H,14,18). The second kappa shape index (κ2) is 5.86. The monoisotopic (exact) mass is 268 g/mol. The van der Waals surface area contributed by atoms with Crippen molar-refractivity contribution in [3.05, 3.63) is 12.7 Å². The van der Waals surface area contributed by atoms with Gasteiger partial charge in [0.15, 0.2) is 0 Å². The Kier molecular flexibility index (Phi) is 4.69. The summed E-state index contributed by atoms with van der Waals surface area (Å²) >= 11 is 0. The normalized spacial score (nSPS) is 24.1. The number of imide groups is 1. The zero-order chi connectivity index (χ0) is 14.6. The largest absolute Gasteiger partial charge is 0.466 e. The third-order valence-corrected chi connectivity index (χ3v) is 3.29. The fourth-order valence-corrected chi connectivity index (χ4v) is 2.30. The molecule has 0 bridgehead atoms. The van der Waals surface area contributed by atoms with Crippen LogP contribution in [0.1, 0.15) is 27.2 Å². The van der Waals surface area contributed by atoms with Crippen LogP contribution in [-0.2, 0) is 14.3 Å². The van der Waals surface area contributed by atoms with E-state index in [0.29, 0.717) is 6.42 Å². The highest BCUT2D eigenvalue weighted by Crippen LogP contribution is 2.29. The van der Waals surface area contributed by atoms with Crippen LogP contribution >= 0.6 is 0 Å². The van der Waals surface area contributed by atoms with E-state index >= 15 is 0 Å². The van der Waals surface area contributed by atoms with E-state index in [2.05, 4.69) is 11.9 Å². The first-order valence-corrected chi connectivity index (χ1v) is 6.33. The van der Waals surface area contributed by atoms with Crippen LogP contribution in [0, 0.1) is 5.92 Å². The highest BCUT2D eigenvalue weighted by Gasteiger charge is 2.54. The Labute approximate surface area is 112 Å². The third-order valence-electron chi connectivity index (χ3n) is 3.29. The van der Waals surface area contributed by atoms with Crippen molar-refractivity contribution in [3.8, 4) is 0 Å². The molecule has 1 rings (SSSR count). The molecule has 0 aromatic heterocycles. The van der Waals surface area contributed by atoms with Crippen LogP contribution in [-0.4, -0.2) is 41.5 Å². The van der Waals surface area contributed by atoms with Crippen LogP contribution in [0.5, 0.6) is 0 Å². The Morgan fingerprint density at radius 1 is 1.53 bits per heavy atom. The predicted molar refractivity (Wildman–Crippen MR) is 69.3 cm³/mol. The molecule has 0 aromatic carbocycles. The van der Waals surface area contributed by atoms with Crippen molar-refractivity contribution in [3.63, 3.8) is 0 Å². The van der Waals surface area contributed by atoms with Crippen molar-refractivity contribution in [2.75, 3.05) is 13.2 Å². The molecular formula is C13H20N2O4.